The van der Waals surface area contributed by atoms with Crippen molar-refractivity contribution in [2.75, 3.05) is 26.2 Å². The minimum Gasteiger partial charge on any atom is -0.411 e. The highest BCUT2D eigenvalue weighted by Gasteiger charge is 2.30. The molecule has 4 rings (SSSR count). The van der Waals surface area contributed by atoms with Crippen LogP contribution in [0.3, 0.4) is 0 Å². The number of hydrogen-bond acceptors (Lipinski definition) is 6. The number of sulfonamides is 1. The van der Waals surface area contributed by atoms with Crippen molar-refractivity contribution < 1.29 is 17.6 Å². The van der Waals surface area contributed by atoms with Gasteiger partial charge in [-0.05, 0) is 37.7 Å². The molecule has 9 nitrogen and oxygen atoms in total. The standard InChI is InChI=1S/C17H23N5O4S/c1-12-4-8-22(9-5-12)27(24,25)13-10-14(18-11-13)15-19-20-16(26-15)17(23)21-6-2-3-7-21/h10-12,18H,2-9H2,1H3. The molecule has 27 heavy (non-hydrogen) atoms. The van der Waals surface area contributed by atoms with E-state index in [0.717, 1.165) is 25.7 Å². The van der Waals surface area contributed by atoms with Crippen LogP contribution in [-0.2, 0) is 10.0 Å². The second-order valence-electron chi connectivity index (χ2n) is 7.25. The van der Waals surface area contributed by atoms with E-state index in [-0.39, 0.29) is 22.6 Å². The molecule has 1 amide bonds. The van der Waals surface area contributed by atoms with E-state index in [1.807, 2.05) is 0 Å². The zero-order chi connectivity index (χ0) is 19.0. The van der Waals surface area contributed by atoms with Crippen molar-refractivity contribution in [3.05, 3.63) is 18.2 Å². The third-order valence-electron chi connectivity index (χ3n) is 5.27. The molecule has 0 spiro atoms. The van der Waals surface area contributed by atoms with Crippen molar-refractivity contribution in [2.24, 2.45) is 5.92 Å². The number of likely N-dealkylation sites (tertiary alicyclic amines) is 1. The van der Waals surface area contributed by atoms with Crippen molar-refractivity contribution in [3.8, 4) is 11.6 Å². The average Bonchev–Trinajstić information content (AvgIpc) is 3.42. The molecule has 0 atom stereocenters. The fraction of sp³-hybridized carbons (Fsp3) is 0.588. The van der Waals surface area contributed by atoms with Crippen LogP contribution in [0, 0.1) is 5.92 Å². The quantitative estimate of drug-likeness (QED) is 0.846. The molecule has 0 unspecified atom stereocenters. The molecule has 2 aromatic rings. The Morgan fingerprint density at radius 1 is 1.19 bits per heavy atom. The van der Waals surface area contributed by atoms with Gasteiger partial charge < -0.3 is 14.3 Å². The summed E-state index contributed by atoms with van der Waals surface area (Å²) < 4.78 is 32.6. The molecule has 0 saturated carbocycles. The number of rotatable bonds is 4. The lowest BCUT2D eigenvalue weighted by molar-refractivity contribution is 0.0754. The first-order valence-electron chi connectivity index (χ1n) is 9.27. The number of carbonyl (C=O) groups is 1. The lowest BCUT2D eigenvalue weighted by Crippen LogP contribution is -2.37. The van der Waals surface area contributed by atoms with Crippen molar-refractivity contribution in [2.45, 2.75) is 37.5 Å². The van der Waals surface area contributed by atoms with E-state index >= 15 is 0 Å². The van der Waals surface area contributed by atoms with Gasteiger partial charge in [0.15, 0.2) is 0 Å². The van der Waals surface area contributed by atoms with E-state index in [4.69, 9.17) is 4.42 Å². The monoisotopic (exact) mass is 393 g/mol. The van der Waals surface area contributed by atoms with Gasteiger partial charge in [0.25, 0.3) is 5.89 Å². The Labute approximate surface area is 157 Å². The summed E-state index contributed by atoms with van der Waals surface area (Å²) in [7, 11) is -3.56. The molecule has 146 valence electrons. The van der Waals surface area contributed by atoms with Crippen LogP contribution in [-0.4, -0.2) is 64.9 Å². The Morgan fingerprint density at radius 2 is 1.89 bits per heavy atom. The van der Waals surface area contributed by atoms with Crippen LogP contribution in [0.5, 0.6) is 0 Å². The molecule has 0 aromatic carbocycles. The summed E-state index contributed by atoms with van der Waals surface area (Å²) in [4.78, 5) is 17.0. The SMILES string of the molecule is CC1CCN(S(=O)(=O)c2c[nH]c(-c3nnc(C(=O)N4CCCC4)o3)c2)CC1. The van der Waals surface area contributed by atoms with E-state index in [1.54, 1.807) is 4.90 Å². The highest BCUT2D eigenvalue weighted by Crippen LogP contribution is 2.26. The van der Waals surface area contributed by atoms with E-state index in [1.165, 1.54) is 16.6 Å². The second-order valence-corrected chi connectivity index (χ2v) is 9.19. The van der Waals surface area contributed by atoms with Crippen LogP contribution in [0.25, 0.3) is 11.6 Å². The zero-order valence-corrected chi connectivity index (χ0v) is 16.0. The van der Waals surface area contributed by atoms with Crippen LogP contribution in [0.2, 0.25) is 0 Å². The molecule has 0 radical (unpaired) electrons. The van der Waals surface area contributed by atoms with E-state index in [0.29, 0.717) is 37.8 Å². The molecule has 0 bridgehead atoms. The summed E-state index contributed by atoms with van der Waals surface area (Å²) in [5, 5.41) is 7.71. The van der Waals surface area contributed by atoms with Gasteiger partial charge in [-0.2, -0.15) is 4.31 Å². The zero-order valence-electron chi connectivity index (χ0n) is 15.2. The number of hydrogen-bond donors (Lipinski definition) is 1. The van der Waals surface area contributed by atoms with Crippen molar-refractivity contribution in [1.29, 1.82) is 0 Å². The maximum absolute atomic E-state index is 12.8. The summed E-state index contributed by atoms with van der Waals surface area (Å²) in [6.45, 7) is 4.57. The van der Waals surface area contributed by atoms with Crippen molar-refractivity contribution in [3.63, 3.8) is 0 Å². The fourth-order valence-electron chi connectivity index (χ4n) is 3.50. The van der Waals surface area contributed by atoms with Crippen LogP contribution in [0.15, 0.2) is 21.6 Å². The molecule has 2 fully saturated rings. The van der Waals surface area contributed by atoms with E-state index in [9.17, 15) is 13.2 Å². The normalized spacial score (nSPS) is 19.7. The molecule has 0 aliphatic carbocycles. The van der Waals surface area contributed by atoms with Gasteiger partial charge in [-0.15, -0.1) is 10.2 Å². The number of piperidine rings is 1. The van der Waals surface area contributed by atoms with Gasteiger partial charge in [0, 0.05) is 32.4 Å². The Kier molecular flexibility index (Phi) is 4.77. The van der Waals surface area contributed by atoms with Gasteiger partial charge in [-0.1, -0.05) is 6.92 Å². The number of nitrogens with zero attached hydrogens (tertiary/aromatic N) is 4. The van der Waals surface area contributed by atoms with Gasteiger partial charge in [0.1, 0.15) is 10.6 Å². The van der Waals surface area contributed by atoms with Gasteiger partial charge >= 0.3 is 11.8 Å². The summed E-state index contributed by atoms with van der Waals surface area (Å²) in [6.07, 6.45) is 5.10. The number of aromatic nitrogens is 3. The average molecular weight is 393 g/mol. The Bertz CT molecular complexity index is 921. The summed E-state index contributed by atoms with van der Waals surface area (Å²) >= 11 is 0. The topological polar surface area (TPSA) is 112 Å². The molecule has 2 saturated heterocycles. The van der Waals surface area contributed by atoms with Gasteiger partial charge in [-0.25, -0.2) is 8.42 Å². The fourth-order valence-corrected chi connectivity index (χ4v) is 4.96. The smallest absolute Gasteiger partial charge is 0.311 e. The molecular formula is C17H23N5O4S. The first-order valence-corrected chi connectivity index (χ1v) is 10.7. The molecule has 1 N–H and O–H groups in total. The molecule has 2 aliphatic heterocycles. The van der Waals surface area contributed by atoms with Crippen molar-refractivity contribution >= 4 is 15.9 Å². The number of nitrogens with one attached hydrogen (secondary N) is 1. The largest absolute Gasteiger partial charge is 0.411 e. The Morgan fingerprint density at radius 3 is 2.59 bits per heavy atom. The van der Waals surface area contributed by atoms with Crippen LogP contribution >= 0.6 is 0 Å². The lowest BCUT2D eigenvalue weighted by atomic mass is 10.0. The molecule has 4 heterocycles. The molecular weight excluding hydrogens is 370 g/mol. The third-order valence-corrected chi connectivity index (χ3v) is 7.14. The predicted molar refractivity (Wildman–Crippen MR) is 96.4 cm³/mol. The summed E-state index contributed by atoms with van der Waals surface area (Å²) in [5.74, 6) is 0.290. The lowest BCUT2D eigenvalue weighted by Gasteiger charge is -2.28. The molecule has 2 aromatic heterocycles. The Balaban J connectivity index is 1.52. The number of carbonyl (C=O) groups excluding carboxylic acids is 1. The third kappa shape index (κ3) is 3.51. The van der Waals surface area contributed by atoms with Crippen LogP contribution in [0.1, 0.15) is 43.3 Å². The van der Waals surface area contributed by atoms with Crippen LogP contribution < -0.4 is 0 Å². The van der Waals surface area contributed by atoms with E-state index in [2.05, 4.69) is 22.1 Å². The first kappa shape index (κ1) is 18.2. The molecule has 10 heteroatoms. The minimum absolute atomic E-state index is 0.0732. The summed E-state index contributed by atoms with van der Waals surface area (Å²) in [5.41, 5.74) is 0.381. The van der Waals surface area contributed by atoms with Gasteiger partial charge in [0.05, 0.1) is 0 Å². The maximum Gasteiger partial charge on any atom is 0.311 e. The maximum atomic E-state index is 12.8. The van der Waals surface area contributed by atoms with Gasteiger partial charge in [-0.3, -0.25) is 4.79 Å². The Hall–Kier alpha value is -2.20. The minimum atomic E-state index is -3.56. The second kappa shape index (κ2) is 7.08. The first-order chi connectivity index (χ1) is 12.9. The molecule has 2 aliphatic rings. The predicted octanol–water partition coefficient (Wildman–Crippen LogP) is 1.72. The summed E-state index contributed by atoms with van der Waals surface area (Å²) in [6, 6.07) is 1.48. The number of aromatic amines is 1. The van der Waals surface area contributed by atoms with Gasteiger partial charge in [0.2, 0.25) is 10.0 Å². The highest BCUT2D eigenvalue weighted by atomic mass is 32.2. The highest BCUT2D eigenvalue weighted by molar-refractivity contribution is 7.89. The number of amides is 1. The van der Waals surface area contributed by atoms with Crippen LogP contribution in [0.4, 0.5) is 0 Å². The number of H-pyrrole nitrogens is 1. The van der Waals surface area contributed by atoms with Crippen molar-refractivity contribution in [1.82, 2.24) is 24.4 Å². The van der Waals surface area contributed by atoms with E-state index < -0.39 is 10.0 Å².